The average molecular weight is 340 g/mol. The fourth-order valence-corrected chi connectivity index (χ4v) is 2.40. The number of H-pyrrole nitrogens is 1. The third-order valence-electron chi connectivity index (χ3n) is 3.59. The summed E-state index contributed by atoms with van der Waals surface area (Å²) in [5, 5.41) is 9.01. The Morgan fingerprint density at radius 2 is 2.08 bits per heavy atom. The number of alkyl halides is 2. The van der Waals surface area contributed by atoms with Crippen LogP contribution in [0.25, 0.3) is 0 Å². The summed E-state index contributed by atoms with van der Waals surface area (Å²) in [6.45, 7) is -0.957. The smallest absolute Gasteiger partial charge is 0.388 e. The van der Waals surface area contributed by atoms with Gasteiger partial charge in [0.05, 0.1) is 12.4 Å². The molecule has 1 aliphatic rings. The molecule has 24 heavy (non-hydrogen) atoms. The molecule has 2 aromatic heterocycles. The van der Waals surface area contributed by atoms with Crippen molar-refractivity contribution < 1.29 is 18.3 Å². The van der Waals surface area contributed by atoms with E-state index in [-0.39, 0.29) is 12.0 Å². The molecule has 1 fully saturated rings. The second-order valence-corrected chi connectivity index (χ2v) is 5.49. The summed E-state index contributed by atoms with van der Waals surface area (Å²) >= 11 is 0. The van der Waals surface area contributed by atoms with Gasteiger partial charge in [0.2, 0.25) is 11.8 Å². The molecule has 0 bridgehead atoms. The summed E-state index contributed by atoms with van der Waals surface area (Å²) in [5.74, 6) is 0.973. The molecule has 0 amide bonds. The highest BCUT2D eigenvalue weighted by atomic mass is 19.3. The second-order valence-electron chi connectivity index (χ2n) is 5.49. The van der Waals surface area contributed by atoms with Crippen LogP contribution in [0.5, 0.6) is 11.8 Å². The molecular weight excluding hydrogens is 322 g/mol. The van der Waals surface area contributed by atoms with Crippen molar-refractivity contribution in [3.8, 4) is 11.8 Å². The van der Waals surface area contributed by atoms with Gasteiger partial charge in [0, 0.05) is 19.2 Å². The maximum absolute atomic E-state index is 12.1. The Kier molecular flexibility index (Phi) is 5.04. The molecule has 0 saturated carbocycles. The molecule has 0 unspecified atom stereocenters. The number of hydrogen-bond donors (Lipinski definition) is 2. The van der Waals surface area contributed by atoms with Gasteiger partial charge < -0.3 is 19.7 Å². The van der Waals surface area contributed by atoms with Crippen LogP contribution < -0.4 is 14.8 Å². The fraction of sp³-hybridized carbons (Fsp3) is 0.500. The van der Waals surface area contributed by atoms with Crippen LogP contribution in [0.4, 0.5) is 20.4 Å². The van der Waals surface area contributed by atoms with Crippen LogP contribution in [-0.2, 0) is 0 Å². The van der Waals surface area contributed by atoms with Gasteiger partial charge in [-0.1, -0.05) is 0 Å². The lowest BCUT2D eigenvalue weighted by molar-refractivity contribution is -0.0528. The van der Waals surface area contributed by atoms with Crippen molar-refractivity contribution in [1.29, 1.82) is 0 Å². The van der Waals surface area contributed by atoms with Crippen molar-refractivity contribution in [2.24, 2.45) is 0 Å². The van der Waals surface area contributed by atoms with Gasteiger partial charge in [-0.15, -0.1) is 5.10 Å². The SMILES string of the molecule is CN1CCC(Oc2cncc(Nc3cc(OC(F)F)n[nH]3)n2)CC1. The van der Waals surface area contributed by atoms with Crippen molar-refractivity contribution >= 4 is 11.6 Å². The van der Waals surface area contributed by atoms with E-state index in [0.29, 0.717) is 17.5 Å². The lowest BCUT2D eigenvalue weighted by Gasteiger charge is -2.28. The molecule has 1 saturated heterocycles. The van der Waals surface area contributed by atoms with Crippen LogP contribution in [0.2, 0.25) is 0 Å². The number of hydrogen-bond acceptors (Lipinski definition) is 7. The molecule has 130 valence electrons. The number of likely N-dealkylation sites (tertiary alicyclic amines) is 1. The molecule has 0 aliphatic carbocycles. The third kappa shape index (κ3) is 4.51. The van der Waals surface area contributed by atoms with Crippen molar-refractivity contribution in [3.63, 3.8) is 0 Å². The van der Waals surface area contributed by atoms with Crippen molar-refractivity contribution in [2.45, 2.75) is 25.6 Å². The monoisotopic (exact) mass is 340 g/mol. The normalized spacial score (nSPS) is 16.3. The number of nitrogens with zero attached hydrogens (tertiary/aromatic N) is 4. The van der Waals surface area contributed by atoms with Crippen molar-refractivity contribution in [2.75, 3.05) is 25.5 Å². The highest BCUT2D eigenvalue weighted by molar-refractivity contribution is 5.51. The molecule has 1 aliphatic heterocycles. The van der Waals surface area contributed by atoms with Gasteiger partial charge in [-0.3, -0.25) is 10.1 Å². The summed E-state index contributed by atoms with van der Waals surface area (Å²) in [6.07, 6.45) is 5.02. The number of piperidine rings is 1. The Morgan fingerprint density at radius 3 is 2.83 bits per heavy atom. The number of nitrogens with one attached hydrogen (secondary N) is 2. The van der Waals surface area contributed by atoms with Gasteiger partial charge in [-0.2, -0.15) is 13.8 Å². The van der Waals surface area contributed by atoms with Gasteiger partial charge in [0.1, 0.15) is 11.9 Å². The van der Waals surface area contributed by atoms with Gasteiger partial charge in [-0.25, -0.2) is 0 Å². The van der Waals surface area contributed by atoms with E-state index in [1.165, 1.54) is 12.3 Å². The summed E-state index contributed by atoms with van der Waals surface area (Å²) in [5.41, 5.74) is 0. The molecule has 2 aromatic rings. The first kappa shape index (κ1) is 16.4. The molecule has 8 nitrogen and oxygen atoms in total. The third-order valence-corrected chi connectivity index (χ3v) is 3.59. The van der Waals surface area contributed by atoms with Gasteiger partial charge in [0.25, 0.3) is 0 Å². The van der Waals surface area contributed by atoms with Crippen LogP contribution in [0.3, 0.4) is 0 Å². The largest absolute Gasteiger partial charge is 0.473 e. The summed E-state index contributed by atoms with van der Waals surface area (Å²) in [4.78, 5) is 10.6. The molecular formula is C14H18F2N6O2. The molecule has 3 heterocycles. The van der Waals surface area contributed by atoms with Crippen LogP contribution in [0, 0.1) is 0 Å². The predicted molar refractivity (Wildman–Crippen MR) is 81.7 cm³/mol. The molecule has 2 N–H and O–H groups in total. The Hall–Kier alpha value is -2.49. The highest BCUT2D eigenvalue weighted by Crippen LogP contribution is 2.21. The lowest BCUT2D eigenvalue weighted by Crippen LogP contribution is -2.35. The zero-order valence-corrected chi connectivity index (χ0v) is 13.1. The summed E-state index contributed by atoms with van der Waals surface area (Å²) in [6, 6.07) is 1.30. The fourth-order valence-electron chi connectivity index (χ4n) is 2.40. The molecule has 0 radical (unpaired) electrons. The van der Waals surface area contributed by atoms with Crippen LogP contribution in [-0.4, -0.2) is 57.9 Å². The highest BCUT2D eigenvalue weighted by Gasteiger charge is 2.18. The summed E-state index contributed by atoms with van der Waals surface area (Å²) in [7, 11) is 2.08. The maximum Gasteiger partial charge on any atom is 0.388 e. The van der Waals surface area contributed by atoms with E-state index in [9.17, 15) is 8.78 Å². The van der Waals surface area contributed by atoms with Crippen LogP contribution >= 0.6 is 0 Å². The van der Waals surface area contributed by atoms with Gasteiger partial charge in [0.15, 0.2) is 5.82 Å². The molecule has 0 aromatic carbocycles. The van der Waals surface area contributed by atoms with Crippen LogP contribution in [0.1, 0.15) is 12.8 Å². The average Bonchev–Trinajstić information content (AvgIpc) is 2.96. The lowest BCUT2D eigenvalue weighted by atomic mass is 10.1. The van der Waals surface area contributed by atoms with E-state index in [1.807, 2.05) is 0 Å². The number of rotatable bonds is 6. The van der Waals surface area contributed by atoms with Crippen LogP contribution in [0.15, 0.2) is 18.5 Å². The van der Waals surface area contributed by atoms with Crippen molar-refractivity contribution in [3.05, 3.63) is 18.5 Å². The first-order valence-corrected chi connectivity index (χ1v) is 7.53. The second kappa shape index (κ2) is 7.39. The minimum absolute atomic E-state index is 0.115. The quantitative estimate of drug-likeness (QED) is 0.831. The molecule has 0 spiro atoms. The topological polar surface area (TPSA) is 88.2 Å². The standard InChI is InChI=1S/C14H18F2N6O2/c1-22-4-2-9(3-5-22)23-13-8-17-7-11(19-13)18-10-6-12(21-20-10)24-14(15)16/h6-9,14H,2-5H2,1H3,(H2,18,19,20,21). The zero-order valence-electron chi connectivity index (χ0n) is 13.1. The number of aromatic amines is 1. The first-order valence-electron chi connectivity index (χ1n) is 7.53. The van der Waals surface area contributed by atoms with E-state index < -0.39 is 6.61 Å². The maximum atomic E-state index is 12.1. The van der Waals surface area contributed by atoms with E-state index in [0.717, 1.165) is 25.9 Å². The Balaban J connectivity index is 1.59. The van der Waals surface area contributed by atoms with Crippen molar-refractivity contribution in [1.82, 2.24) is 25.1 Å². The number of halogens is 2. The predicted octanol–water partition coefficient (Wildman–Crippen LogP) is 2.02. The van der Waals surface area contributed by atoms with Gasteiger partial charge in [-0.05, 0) is 19.9 Å². The summed E-state index contributed by atoms with van der Waals surface area (Å²) < 4.78 is 34.3. The van der Waals surface area contributed by atoms with Gasteiger partial charge >= 0.3 is 6.61 Å². The minimum atomic E-state index is -2.92. The number of anilines is 2. The van der Waals surface area contributed by atoms with E-state index >= 15 is 0 Å². The molecule has 0 atom stereocenters. The Bertz CT molecular complexity index is 660. The number of ether oxygens (including phenoxy) is 2. The van der Waals surface area contributed by atoms with E-state index in [2.05, 4.69) is 42.2 Å². The molecule has 3 rings (SSSR count). The zero-order chi connectivity index (χ0) is 16.9. The number of aromatic nitrogens is 4. The van der Waals surface area contributed by atoms with E-state index in [1.54, 1.807) is 6.20 Å². The first-order chi connectivity index (χ1) is 11.6. The minimum Gasteiger partial charge on any atom is -0.473 e. The Morgan fingerprint density at radius 1 is 1.29 bits per heavy atom. The Labute approximate surface area is 137 Å². The molecule has 10 heteroatoms. The van der Waals surface area contributed by atoms with E-state index in [4.69, 9.17) is 4.74 Å².